The van der Waals surface area contributed by atoms with Crippen molar-refractivity contribution in [1.29, 1.82) is 0 Å². The molecule has 2 rings (SSSR count). The van der Waals surface area contributed by atoms with Crippen LogP contribution < -0.4 is 0 Å². The zero-order chi connectivity index (χ0) is 10.3. The van der Waals surface area contributed by atoms with Crippen molar-refractivity contribution in [3.05, 3.63) is 34.3 Å². The summed E-state index contributed by atoms with van der Waals surface area (Å²) in [6.07, 6.45) is 1.12. The topological polar surface area (TPSA) is 20.2 Å². The van der Waals surface area contributed by atoms with Crippen LogP contribution in [0.25, 0.3) is 0 Å². The summed E-state index contributed by atoms with van der Waals surface area (Å²) in [4.78, 5) is 0. The summed E-state index contributed by atoms with van der Waals surface area (Å²) in [5.41, 5.74) is 0.818. The fourth-order valence-corrected chi connectivity index (χ4v) is 2.32. The first kappa shape index (κ1) is 10.2. The molecule has 1 aromatic rings. The Labute approximate surface area is 93.3 Å². The molecule has 0 unspecified atom stereocenters. The Morgan fingerprint density at radius 2 is 1.86 bits per heavy atom. The highest BCUT2D eigenvalue weighted by molar-refractivity contribution is 9.10. The molecule has 1 aliphatic carbocycles. The average Bonchev–Trinajstić information content (AvgIpc) is 2.83. The Hall–Kier alpha value is -0.340. The van der Waals surface area contributed by atoms with Crippen LogP contribution in [0.4, 0.5) is 0 Å². The largest absolute Gasteiger partial charge is 0.390 e. The summed E-state index contributed by atoms with van der Waals surface area (Å²) in [7, 11) is 0. The molecule has 1 aliphatic rings. The van der Waals surface area contributed by atoms with E-state index in [9.17, 15) is 5.11 Å². The van der Waals surface area contributed by atoms with Gasteiger partial charge in [-0.05, 0) is 49.8 Å². The van der Waals surface area contributed by atoms with E-state index in [1.807, 2.05) is 13.8 Å². The van der Waals surface area contributed by atoms with Gasteiger partial charge in [-0.2, -0.15) is 0 Å². The smallest absolute Gasteiger partial charge is 0.0625 e. The lowest BCUT2D eigenvalue weighted by atomic mass is 9.99. The summed E-state index contributed by atoms with van der Waals surface area (Å²) in [6.45, 7) is 3.80. The number of halogens is 1. The molecule has 1 fully saturated rings. The fourth-order valence-electron chi connectivity index (χ4n) is 2.05. The molecule has 14 heavy (non-hydrogen) atoms. The van der Waals surface area contributed by atoms with E-state index in [1.165, 1.54) is 5.56 Å². The summed E-state index contributed by atoms with van der Waals surface area (Å²) < 4.78 is 1.11. The maximum Gasteiger partial charge on any atom is 0.0625 e. The van der Waals surface area contributed by atoms with Crippen LogP contribution in [0.3, 0.4) is 0 Å². The third-order valence-electron chi connectivity index (χ3n) is 3.00. The highest BCUT2D eigenvalue weighted by Gasteiger charge is 2.47. The SMILES string of the molecule is CC(C)(O)[C@H]1C[C@@H]1c1ccc(Br)cc1. The average molecular weight is 255 g/mol. The third-order valence-corrected chi connectivity index (χ3v) is 3.52. The lowest BCUT2D eigenvalue weighted by Gasteiger charge is -2.16. The third kappa shape index (κ3) is 2.01. The van der Waals surface area contributed by atoms with Crippen molar-refractivity contribution in [3.63, 3.8) is 0 Å². The summed E-state index contributed by atoms with van der Waals surface area (Å²) in [5, 5.41) is 9.83. The minimum atomic E-state index is -0.530. The van der Waals surface area contributed by atoms with Crippen LogP contribution in [0, 0.1) is 5.92 Å². The van der Waals surface area contributed by atoms with E-state index < -0.39 is 5.60 Å². The first-order chi connectivity index (χ1) is 6.48. The van der Waals surface area contributed by atoms with Crippen LogP contribution in [-0.4, -0.2) is 10.7 Å². The molecule has 1 nitrogen and oxygen atoms in total. The van der Waals surface area contributed by atoms with Crippen LogP contribution in [0.1, 0.15) is 31.7 Å². The zero-order valence-corrected chi connectivity index (χ0v) is 10.1. The summed E-state index contributed by atoms with van der Waals surface area (Å²) in [5.74, 6) is 0.992. The van der Waals surface area contributed by atoms with Crippen molar-refractivity contribution < 1.29 is 5.11 Å². The molecule has 0 saturated heterocycles. The second-order valence-corrected chi connectivity index (χ2v) is 5.57. The van der Waals surface area contributed by atoms with E-state index in [0.29, 0.717) is 11.8 Å². The Balaban J connectivity index is 2.10. The number of hydrogen-bond donors (Lipinski definition) is 1. The van der Waals surface area contributed by atoms with E-state index >= 15 is 0 Å². The molecule has 0 heterocycles. The number of rotatable bonds is 2. The normalized spacial score (nSPS) is 26.3. The Bertz CT molecular complexity index is 323. The highest BCUT2D eigenvalue weighted by atomic mass is 79.9. The molecule has 0 spiro atoms. The molecule has 0 radical (unpaired) electrons. The first-order valence-electron chi connectivity index (χ1n) is 4.96. The Morgan fingerprint density at radius 1 is 1.29 bits per heavy atom. The summed E-state index contributed by atoms with van der Waals surface area (Å²) in [6, 6.07) is 8.41. The monoisotopic (exact) mass is 254 g/mol. The molecule has 0 aromatic heterocycles. The molecule has 0 aliphatic heterocycles. The lowest BCUT2D eigenvalue weighted by Crippen LogP contribution is -2.22. The standard InChI is InChI=1S/C12H15BrO/c1-12(2,14)11-7-10(11)8-3-5-9(13)6-4-8/h3-6,10-11,14H,7H2,1-2H3/t10-,11+/m1/s1. The van der Waals surface area contributed by atoms with Crippen LogP contribution in [0.2, 0.25) is 0 Å². The first-order valence-corrected chi connectivity index (χ1v) is 5.75. The van der Waals surface area contributed by atoms with E-state index in [2.05, 4.69) is 40.2 Å². The summed E-state index contributed by atoms with van der Waals surface area (Å²) >= 11 is 3.42. The van der Waals surface area contributed by atoms with Crippen LogP contribution in [0.15, 0.2) is 28.7 Å². The van der Waals surface area contributed by atoms with Crippen molar-refractivity contribution in [1.82, 2.24) is 0 Å². The molecular formula is C12H15BrO. The minimum absolute atomic E-state index is 0.434. The van der Waals surface area contributed by atoms with Gasteiger partial charge in [0.05, 0.1) is 5.60 Å². The second kappa shape index (κ2) is 3.35. The van der Waals surface area contributed by atoms with Gasteiger partial charge in [-0.15, -0.1) is 0 Å². The van der Waals surface area contributed by atoms with Crippen molar-refractivity contribution in [2.24, 2.45) is 5.92 Å². The molecule has 2 atom stereocenters. The molecule has 1 N–H and O–H groups in total. The van der Waals surface area contributed by atoms with Crippen LogP contribution in [-0.2, 0) is 0 Å². The van der Waals surface area contributed by atoms with Gasteiger partial charge in [0.1, 0.15) is 0 Å². The van der Waals surface area contributed by atoms with Gasteiger partial charge in [-0.1, -0.05) is 28.1 Å². The van der Waals surface area contributed by atoms with E-state index in [4.69, 9.17) is 0 Å². The van der Waals surface area contributed by atoms with E-state index in [1.54, 1.807) is 0 Å². The predicted molar refractivity (Wildman–Crippen MR) is 61.3 cm³/mol. The zero-order valence-electron chi connectivity index (χ0n) is 8.50. The number of benzene rings is 1. The van der Waals surface area contributed by atoms with E-state index in [-0.39, 0.29) is 0 Å². The Kier molecular flexibility index (Phi) is 2.44. The van der Waals surface area contributed by atoms with Crippen molar-refractivity contribution >= 4 is 15.9 Å². The second-order valence-electron chi connectivity index (χ2n) is 4.65. The van der Waals surface area contributed by atoms with Gasteiger partial charge in [0.15, 0.2) is 0 Å². The molecular weight excluding hydrogens is 240 g/mol. The molecule has 76 valence electrons. The van der Waals surface area contributed by atoms with Crippen LogP contribution >= 0.6 is 15.9 Å². The van der Waals surface area contributed by atoms with Gasteiger partial charge >= 0.3 is 0 Å². The van der Waals surface area contributed by atoms with Crippen LogP contribution in [0.5, 0.6) is 0 Å². The Morgan fingerprint density at radius 3 is 2.29 bits per heavy atom. The molecule has 1 aromatic carbocycles. The number of aliphatic hydroxyl groups is 1. The molecule has 0 bridgehead atoms. The molecule has 1 saturated carbocycles. The lowest BCUT2D eigenvalue weighted by molar-refractivity contribution is 0.0546. The van der Waals surface area contributed by atoms with E-state index in [0.717, 1.165) is 10.9 Å². The van der Waals surface area contributed by atoms with Gasteiger partial charge in [0.25, 0.3) is 0 Å². The van der Waals surface area contributed by atoms with Crippen molar-refractivity contribution in [2.75, 3.05) is 0 Å². The number of hydrogen-bond acceptors (Lipinski definition) is 1. The van der Waals surface area contributed by atoms with Crippen molar-refractivity contribution in [3.8, 4) is 0 Å². The highest BCUT2D eigenvalue weighted by Crippen LogP contribution is 2.53. The van der Waals surface area contributed by atoms with Gasteiger partial charge in [0, 0.05) is 4.47 Å². The van der Waals surface area contributed by atoms with Gasteiger partial charge in [-0.3, -0.25) is 0 Å². The minimum Gasteiger partial charge on any atom is -0.390 e. The van der Waals surface area contributed by atoms with Gasteiger partial charge in [0.2, 0.25) is 0 Å². The van der Waals surface area contributed by atoms with Crippen molar-refractivity contribution in [2.45, 2.75) is 31.8 Å². The predicted octanol–water partition coefficient (Wildman–Crippen LogP) is 3.32. The molecule has 2 heteroatoms. The molecule has 0 amide bonds. The van der Waals surface area contributed by atoms with Gasteiger partial charge < -0.3 is 5.11 Å². The maximum absolute atomic E-state index is 9.83. The quantitative estimate of drug-likeness (QED) is 0.859. The maximum atomic E-state index is 9.83. The van der Waals surface area contributed by atoms with Gasteiger partial charge in [-0.25, -0.2) is 0 Å². The fraction of sp³-hybridized carbons (Fsp3) is 0.500.